The summed E-state index contributed by atoms with van der Waals surface area (Å²) in [4.78, 5) is 0. The van der Waals surface area contributed by atoms with Gasteiger partial charge in [0.25, 0.3) is 0 Å². The van der Waals surface area contributed by atoms with Crippen LogP contribution < -0.4 is 0 Å². The molecule has 0 radical (unpaired) electrons. The molecule has 150 valence electrons. The van der Waals surface area contributed by atoms with Gasteiger partial charge in [0.1, 0.15) is 0 Å². The van der Waals surface area contributed by atoms with Crippen LogP contribution >= 0.6 is 0 Å². The SMILES string of the molecule is CC(C)[C@@H](C)CC[C@@H](C)[C@H]1CC[C@@H]2c3ccc4c(c3CC[C@@]21C)CCCC4. The highest BCUT2D eigenvalue weighted by atomic mass is 14.5. The topological polar surface area (TPSA) is 0 Å². The van der Waals surface area contributed by atoms with Crippen LogP contribution in [0.4, 0.5) is 0 Å². The van der Waals surface area contributed by atoms with Gasteiger partial charge in [0.2, 0.25) is 0 Å². The van der Waals surface area contributed by atoms with Crippen molar-refractivity contribution in [3.05, 3.63) is 34.4 Å². The third-order valence-electron chi connectivity index (χ3n) is 9.29. The number of aryl methyl sites for hydroxylation is 1. The van der Waals surface area contributed by atoms with E-state index in [-0.39, 0.29) is 0 Å². The van der Waals surface area contributed by atoms with Gasteiger partial charge in [-0.25, -0.2) is 0 Å². The Hall–Kier alpha value is -0.780. The molecule has 3 aliphatic carbocycles. The Kier molecular flexibility index (Phi) is 5.47. The summed E-state index contributed by atoms with van der Waals surface area (Å²) in [6, 6.07) is 5.08. The maximum Gasteiger partial charge on any atom is -0.0102 e. The number of benzene rings is 1. The van der Waals surface area contributed by atoms with Crippen molar-refractivity contribution in [2.45, 2.75) is 105 Å². The van der Waals surface area contributed by atoms with E-state index in [4.69, 9.17) is 0 Å². The van der Waals surface area contributed by atoms with E-state index < -0.39 is 0 Å². The molecule has 0 heteroatoms. The van der Waals surface area contributed by atoms with Crippen molar-refractivity contribution in [2.75, 3.05) is 0 Å². The third-order valence-corrected chi connectivity index (χ3v) is 9.29. The van der Waals surface area contributed by atoms with Crippen LogP contribution in [-0.4, -0.2) is 0 Å². The van der Waals surface area contributed by atoms with Crippen molar-refractivity contribution in [1.29, 1.82) is 0 Å². The van der Waals surface area contributed by atoms with Crippen molar-refractivity contribution in [3.63, 3.8) is 0 Å². The monoisotopic (exact) mass is 366 g/mol. The van der Waals surface area contributed by atoms with Gasteiger partial charge in [0.15, 0.2) is 0 Å². The molecule has 5 atom stereocenters. The maximum atomic E-state index is 2.67. The first-order chi connectivity index (χ1) is 12.9. The van der Waals surface area contributed by atoms with E-state index in [1.807, 2.05) is 0 Å². The molecule has 0 unspecified atom stereocenters. The molecule has 1 aromatic rings. The Labute approximate surface area is 168 Å². The minimum atomic E-state index is 0.552. The molecule has 0 N–H and O–H groups in total. The molecular formula is C27H42. The van der Waals surface area contributed by atoms with Crippen LogP contribution in [0.3, 0.4) is 0 Å². The summed E-state index contributed by atoms with van der Waals surface area (Å²) < 4.78 is 0. The van der Waals surface area contributed by atoms with E-state index in [0.29, 0.717) is 5.41 Å². The summed E-state index contributed by atoms with van der Waals surface area (Å²) in [5, 5.41) is 0. The van der Waals surface area contributed by atoms with E-state index in [2.05, 4.69) is 46.8 Å². The quantitative estimate of drug-likeness (QED) is 0.500. The zero-order chi connectivity index (χ0) is 19.2. The second-order valence-corrected chi connectivity index (χ2v) is 11.0. The normalized spacial score (nSPS) is 31.9. The summed E-state index contributed by atoms with van der Waals surface area (Å²) in [6.07, 6.45) is 14.1. The largest absolute Gasteiger partial charge is 0.0625 e. The minimum absolute atomic E-state index is 0.552. The summed E-state index contributed by atoms with van der Waals surface area (Å²) in [5.74, 6) is 4.36. The minimum Gasteiger partial charge on any atom is -0.0625 e. The smallest absolute Gasteiger partial charge is 0.0102 e. The lowest BCUT2D eigenvalue weighted by atomic mass is 9.59. The lowest BCUT2D eigenvalue weighted by molar-refractivity contribution is 0.115. The number of hydrogen-bond acceptors (Lipinski definition) is 0. The Morgan fingerprint density at radius 2 is 1.70 bits per heavy atom. The molecule has 0 aliphatic heterocycles. The van der Waals surface area contributed by atoms with E-state index in [1.165, 1.54) is 64.2 Å². The summed E-state index contributed by atoms with van der Waals surface area (Å²) in [7, 11) is 0. The van der Waals surface area contributed by atoms with Crippen LogP contribution in [-0.2, 0) is 19.3 Å². The number of rotatable bonds is 5. The van der Waals surface area contributed by atoms with Gasteiger partial charge in [-0.1, -0.05) is 59.6 Å². The van der Waals surface area contributed by atoms with E-state index in [9.17, 15) is 0 Å². The fraction of sp³-hybridized carbons (Fsp3) is 0.778. The zero-order valence-electron chi connectivity index (χ0n) is 18.6. The Balaban J connectivity index is 1.54. The third kappa shape index (κ3) is 3.40. The van der Waals surface area contributed by atoms with Crippen molar-refractivity contribution in [2.24, 2.45) is 29.1 Å². The Morgan fingerprint density at radius 3 is 2.48 bits per heavy atom. The lowest BCUT2D eigenvalue weighted by Gasteiger charge is -2.45. The molecule has 0 bridgehead atoms. The van der Waals surface area contributed by atoms with Crippen LogP contribution in [0, 0.1) is 29.1 Å². The van der Waals surface area contributed by atoms with Gasteiger partial charge in [-0.3, -0.25) is 0 Å². The highest BCUT2D eigenvalue weighted by molar-refractivity contribution is 5.47. The van der Waals surface area contributed by atoms with Gasteiger partial charge in [0.05, 0.1) is 0 Å². The summed E-state index contributed by atoms with van der Waals surface area (Å²) in [5.41, 5.74) is 7.60. The predicted octanol–water partition coefficient (Wildman–Crippen LogP) is 7.72. The first-order valence-electron chi connectivity index (χ1n) is 12.0. The Morgan fingerprint density at radius 1 is 0.926 bits per heavy atom. The highest BCUT2D eigenvalue weighted by Gasteiger charge is 2.51. The van der Waals surface area contributed by atoms with Gasteiger partial charge in [0, 0.05) is 0 Å². The van der Waals surface area contributed by atoms with E-state index in [0.717, 1.165) is 29.6 Å². The van der Waals surface area contributed by atoms with Gasteiger partial charge in [-0.05, 0) is 109 Å². The molecule has 0 spiro atoms. The average molecular weight is 367 g/mol. The molecule has 1 fully saturated rings. The molecule has 4 rings (SSSR count). The Bertz CT molecular complexity index is 669. The molecule has 1 aromatic carbocycles. The predicted molar refractivity (Wildman–Crippen MR) is 117 cm³/mol. The van der Waals surface area contributed by atoms with Crippen molar-refractivity contribution in [3.8, 4) is 0 Å². The fourth-order valence-corrected chi connectivity index (χ4v) is 7.07. The van der Waals surface area contributed by atoms with E-state index in [1.54, 1.807) is 22.3 Å². The number of hydrogen-bond donors (Lipinski definition) is 0. The molecule has 0 nitrogen and oxygen atoms in total. The van der Waals surface area contributed by atoms with Crippen molar-refractivity contribution in [1.82, 2.24) is 0 Å². The summed E-state index contributed by atoms with van der Waals surface area (Å²) in [6.45, 7) is 12.5. The number of fused-ring (bicyclic) bond motifs is 5. The molecule has 0 aromatic heterocycles. The molecule has 3 aliphatic rings. The molecule has 0 saturated heterocycles. The second kappa shape index (κ2) is 7.57. The van der Waals surface area contributed by atoms with Gasteiger partial charge in [-0.15, -0.1) is 0 Å². The molecule has 0 heterocycles. The molecule has 0 amide bonds. The zero-order valence-corrected chi connectivity index (χ0v) is 18.6. The van der Waals surface area contributed by atoms with Crippen LogP contribution in [0.25, 0.3) is 0 Å². The average Bonchev–Trinajstić information content (AvgIpc) is 3.02. The van der Waals surface area contributed by atoms with Crippen LogP contribution in [0.15, 0.2) is 12.1 Å². The van der Waals surface area contributed by atoms with Gasteiger partial charge >= 0.3 is 0 Å². The maximum absolute atomic E-state index is 2.67. The van der Waals surface area contributed by atoms with Crippen molar-refractivity contribution >= 4 is 0 Å². The fourth-order valence-electron chi connectivity index (χ4n) is 7.07. The standard InChI is InChI=1S/C27H42/c1-18(2)19(3)10-11-20(4)25-14-15-26-24-13-12-21-8-6-7-9-22(21)23(24)16-17-27(25,26)5/h12-13,18-20,25-26H,6-11,14-17H2,1-5H3/t19-,20+,25+,26+,27+/m0/s1. The first kappa shape index (κ1) is 19.5. The van der Waals surface area contributed by atoms with E-state index >= 15 is 0 Å². The molecular weight excluding hydrogens is 324 g/mol. The molecule has 27 heavy (non-hydrogen) atoms. The molecule has 1 saturated carbocycles. The van der Waals surface area contributed by atoms with Crippen molar-refractivity contribution < 1.29 is 0 Å². The van der Waals surface area contributed by atoms with Crippen LogP contribution in [0.5, 0.6) is 0 Å². The van der Waals surface area contributed by atoms with Crippen LogP contribution in [0.1, 0.15) is 108 Å². The summed E-state index contributed by atoms with van der Waals surface area (Å²) >= 11 is 0. The highest BCUT2D eigenvalue weighted by Crippen LogP contribution is 2.61. The van der Waals surface area contributed by atoms with Gasteiger partial charge in [-0.2, -0.15) is 0 Å². The second-order valence-electron chi connectivity index (χ2n) is 11.0. The first-order valence-corrected chi connectivity index (χ1v) is 12.0. The van der Waals surface area contributed by atoms with Gasteiger partial charge < -0.3 is 0 Å². The van der Waals surface area contributed by atoms with Crippen LogP contribution in [0.2, 0.25) is 0 Å². The lowest BCUT2D eigenvalue weighted by Crippen LogP contribution is -2.36.